The van der Waals surface area contributed by atoms with E-state index in [1.54, 1.807) is 24.0 Å². The fourth-order valence-electron chi connectivity index (χ4n) is 3.10. The number of fused-ring (bicyclic) bond motifs is 1. The summed E-state index contributed by atoms with van der Waals surface area (Å²) in [5.74, 6) is 1.13. The molecule has 0 spiro atoms. The van der Waals surface area contributed by atoms with Crippen LogP contribution in [0.4, 0.5) is 0 Å². The minimum Gasteiger partial charge on any atom is -0.481 e. The lowest BCUT2D eigenvalue weighted by atomic mass is 9.95. The Morgan fingerprint density at radius 3 is 2.52 bits per heavy atom. The number of imidazole rings is 1. The number of aliphatic hydroxyl groups is 1. The van der Waals surface area contributed by atoms with Crippen LogP contribution in [0.1, 0.15) is 25.7 Å². The molecule has 25 heavy (non-hydrogen) atoms. The van der Waals surface area contributed by atoms with Gasteiger partial charge in [-0.2, -0.15) is 0 Å². The van der Waals surface area contributed by atoms with Gasteiger partial charge >= 0.3 is 0 Å². The highest BCUT2D eigenvalue weighted by molar-refractivity contribution is 5.62. The Balaban J connectivity index is 1.60. The van der Waals surface area contributed by atoms with Crippen molar-refractivity contribution in [3.05, 3.63) is 36.7 Å². The van der Waals surface area contributed by atoms with Crippen molar-refractivity contribution < 1.29 is 14.6 Å². The van der Waals surface area contributed by atoms with Gasteiger partial charge in [0.25, 0.3) is 0 Å². The lowest BCUT2D eigenvalue weighted by molar-refractivity contribution is 0.0637. The summed E-state index contributed by atoms with van der Waals surface area (Å²) >= 11 is 0. The second-order valence-corrected chi connectivity index (χ2v) is 6.22. The molecule has 0 amide bonds. The van der Waals surface area contributed by atoms with E-state index in [1.165, 1.54) is 0 Å². The molecule has 0 bridgehead atoms. The number of rotatable bonds is 4. The Kier molecular flexibility index (Phi) is 4.23. The number of nitrogens with zero attached hydrogens (tertiary/aromatic N) is 4. The van der Waals surface area contributed by atoms with Gasteiger partial charge in [-0.25, -0.2) is 14.5 Å². The highest BCUT2D eigenvalue weighted by Crippen LogP contribution is 2.25. The quantitative estimate of drug-likeness (QED) is 0.786. The minimum absolute atomic E-state index is 0.1000. The van der Waals surface area contributed by atoms with Crippen LogP contribution in [0.5, 0.6) is 11.8 Å². The van der Waals surface area contributed by atoms with Gasteiger partial charge in [0.05, 0.1) is 25.1 Å². The standard InChI is InChI=1S/C18H20N4O3/c1-24-17-8-2-12(10-20-17)15-11-19-16-7-9-18(21-22(15)16)25-14-5-3-13(23)4-6-14/h2,7-11,13-14,23H,3-6H2,1H3/t13-,14-. The molecule has 1 aliphatic rings. The van der Waals surface area contributed by atoms with Crippen LogP contribution in [0.2, 0.25) is 0 Å². The summed E-state index contributed by atoms with van der Waals surface area (Å²) in [5, 5.41) is 14.2. The van der Waals surface area contributed by atoms with Gasteiger partial charge in [-0.1, -0.05) is 0 Å². The van der Waals surface area contributed by atoms with Crippen molar-refractivity contribution in [1.29, 1.82) is 0 Å². The molecule has 0 radical (unpaired) electrons. The van der Waals surface area contributed by atoms with Crippen molar-refractivity contribution in [3.8, 4) is 23.0 Å². The third kappa shape index (κ3) is 3.28. The maximum absolute atomic E-state index is 9.61. The number of pyridine rings is 1. The largest absolute Gasteiger partial charge is 0.481 e. The van der Waals surface area contributed by atoms with Crippen molar-refractivity contribution >= 4 is 5.65 Å². The van der Waals surface area contributed by atoms with Crippen LogP contribution in [-0.4, -0.2) is 44.0 Å². The SMILES string of the molecule is COc1ccc(-c2cnc3ccc(O[C@H]4CC[C@H](O)CC4)nn23)cn1. The fraction of sp³-hybridized carbons (Fsp3) is 0.389. The number of hydrogen-bond acceptors (Lipinski definition) is 6. The number of methoxy groups -OCH3 is 1. The molecule has 0 atom stereocenters. The van der Waals surface area contributed by atoms with Crippen molar-refractivity contribution in [2.75, 3.05) is 7.11 Å². The molecular weight excluding hydrogens is 320 g/mol. The lowest BCUT2D eigenvalue weighted by Crippen LogP contribution is -2.26. The van der Waals surface area contributed by atoms with Crippen LogP contribution in [0.3, 0.4) is 0 Å². The van der Waals surface area contributed by atoms with Crippen LogP contribution in [0, 0.1) is 0 Å². The number of hydrogen-bond donors (Lipinski definition) is 1. The zero-order chi connectivity index (χ0) is 17.2. The first-order valence-corrected chi connectivity index (χ1v) is 8.43. The summed E-state index contributed by atoms with van der Waals surface area (Å²) in [6, 6.07) is 7.46. The van der Waals surface area contributed by atoms with Gasteiger partial charge in [-0.3, -0.25) is 0 Å². The Bertz CT molecular complexity index is 854. The van der Waals surface area contributed by atoms with Gasteiger partial charge in [-0.15, -0.1) is 5.10 Å². The third-order valence-corrected chi connectivity index (χ3v) is 4.51. The van der Waals surface area contributed by atoms with Crippen molar-refractivity contribution in [2.45, 2.75) is 37.9 Å². The highest BCUT2D eigenvalue weighted by atomic mass is 16.5. The molecule has 1 N–H and O–H groups in total. The molecule has 7 nitrogen and oxygen atoms in total. The maximum Gasteiger partial charge on any atom is 0.232 e. The van der Waals surface area contributed by atoms with Crippen LogP contribution >= 0.6 is 0 Å². The summed E-state index contributed by atoms with van der Waals surface area (Å²) in [6.45, 7) is 0. The van der Waals surface area contributed by atoms with Gasteiger partial charge in [0.2, 0.25) is 11.8 Å². The Morgan fingerprint density at radius 2 is 1.80 bits per heavy atom. The Labute approximate surface area is 145 Å². The fourth-order valence-corrected chi connectivity index (χ4v) is 3.10. The topological polar surface area (TPSA) is 81.8 Å². The van der Waals surface area contributed by atoms with Crippen LogP contribution in [0.15, 0.2) is 36.7 Å². The summed E-state index contributed by atoms with van der Waals surface area (Å²) in [4.78, 5) is 8.63. The number of aliphatic hydroxyl groups excluding tert-OH is 1. The van der Waals surface area contributed by atoms with Crippen LogP contribution in [0.25, 0.3) is 16.9 Å². The third-order valence-electron chi connectivity index (χ3n) is 4.51. The highest BCUT2D eigenvalue weighted by Gasteiger charge is 2.21. The van der Waals surface area contributed by atoms with Crippen molar-refractivity contribution in [3.63, 3.8) is 0 Å². The summed E-state index contributed by atoms with van der Waals surface area (Å²) in [5.41, 5.74) is 2.49. The first kappa shape index (κ1) is 15.8. The summed E-state index contributed by atoms with van der Waals surface area (Å²) < 4.78 is 12.9. The minimum atomic E-state index is -0.196. The van der Waals surface area contributed by atoms with Crippen molar-refractivity contribution in [1.82, 2.24) is 19.6 Å². The van der Waals surface area contributed by atoms with E-state index in [1.807, 2.05) is 24.3 Å². The second kappa shape index (κ2) is 6.68. The summed E-state index contributed by atoms with van der Waals surface area (Å²) in [6.07, 6.45) is 6.66. The number of aromatic nitrogens is 4. The molecule has 3 heterocycles. The van der Waals surface area contributed by atoms with E-state index in [-0.39, 0.29) is 12.2 Å². The molecule has 130 valence electrons. The average molecular weight is 340 g/mol. The van der Waals surface area contributed by atoms with E-state index in [2.05, 4.69) is 15.1 Å². The Morgan fingerprint density at radius 1 is 1.00 bits per heavy atom. The first-order chi connectivity index (χ1) is 12.2. The van der Waals surface area contributed by atoms with Gasteiger partial charge < -0.3 is 14.6 Å². The zero-order valence-corrected chi connectivity index (χ0v) is 14.0. The van der Waals surface area contributed by atoms with E-state index in [9.17, 15) is 5.11 Å². The predicted molar refractivity (Wildman–Crippen MR) is 91.7 cm³/mol. The predicted octanol–water partition coefficient (Wildman–Crippen LogP) is 2.48. The second-order valence-electron chi connectivity index (χ2n) is 6.22. The molecule has 7 heteroatoms. The monoisotopic (exact) mass is 340 g/mol. The molecule has 0 aliphatic heterocycles. The van der Waals surface area contributed by atoms with Gasteiger partial charge in [0.1, 0.15) is 6.10 Å². The molecule has 1 fully saturated rings. The van der Waals surface area contributed by atoms with E-state index >= 15 is 0 Å². The number of ether oxygens (including phenoxy) is 2. The normalized spacial score (nSPS) is 20.6. The average Bonchev–Trinajstić information content (AvgIpc) is 3.07. The van der Waals surface area contributed by atoms with Gasteiger partial charge in [0, 0.05) is 23.9 Å². The smallest absolute Gasteiger partial charge is 0.232 e. The van der Waals surface area contributed by atoms with Crippen LogP contribution < -0.4 is 9.47 Å². The molecule has 3 aromatic rings. The van der Waals surface area contributed by atoms with E-state index in [0.717, 1.165) is 42.6 Å². The molecule has 0 saturated heterocycles. The van der Waals surface area contributed by atoms with Crippen molar-refractivity contribution in [2.24, 2.45) is 0 Å². The van der Waals surface area contributed by atoms with Crippen LogP contribution in [-0.2, 0) is 0 Å². The molecule has 0 aromatic carbocycles. The molecule has 4 rings (SSSR count). The molecule has 1 saturated carbocycles. The van der Waals surface area contributed by atoms with Gasteiger partial charge in [-0.05, 0) is 37.8 Å². The molecule has 3 aromatic heterocycles. The van der Waals surface area contributed by atoms with Gasteiger partial charge in [0.15, 0.2) is 5.65 Å². The molecule has 0 unspecified atom stereocenters. The maximum atomic E-state index is 9.61. The Hall–Kier alpha value is -2.67. The first-order valence-electron chi connectivity index (χ1n) is 8.43. The van der Waals surface area contributed by atoms with E-state index < -0.39 is 0 Å². The summed E-state index contributed by atoms with van der Waals surface area (Å²) in [7, 11) is 1.59. The molecule has 1 aliphatic carbocycles. The zero-order valence-electron chi connectivity index (χ0n) is 14.0. The van der Waals surface area contributed by atoms with E-state index in [0.29, 0.717) is 11.8 Å². The molecular formula is C18H20N4O3. The lowest BCUT2D eigenvalue weighted by Gasteiger charge is -2.25. The van der Waals surface area contributed by atoms with E-state index in [4.69, 9.17) is 9.47 Å².